The zero-order valence-corrected chi connectivity index (χ0v) is 16.1. The van der Waals surface area contributed by atoms with Crippen molar-refractivity contribution in [1.29, 1.82) is 0 Å². The molecule has 0 saturated carbocycles. The number of benzene rings is 3. The molecule has 0 radical (unpaired) electrons. The van der Waals surface area contributed by atoms with Crippen molar-refractivity contribution >= 4 is 21.8 Å². The topological polar surface area (TPSA) is 38.3 Å². The number of carbonyl (C=O) groups is 1. The average Bonchev–Trinajstić information content (AvgIpc) is 2.68. The SMILES string of the molecule is COc1ccc(CC(=O)N[C@H](c2ccccc2)c2ccc(Br)cc2)cc1. The Hall–Kier alpha value is -2.59. The van der Waals surface area contributed by atoms with E-state index in [-0.39, 0.29) is 11.9 Å². The number of rotatable bonds is 6. The maximum absolute atomic E-state index is 12.6. The Morgan fingerprint density at radius 2 is 1.54 bits per heavy atom. The van der Waals surface area contributed by atoms with Crippen LogP contribution in [0.5, 0.6) is 5.75 Å². The zero-order chi connectivity index (χ0) is 18.4. The second kappa shape index (κ2) is 8.68. The molecule has 1 amide bonds. The Bertz CT molecular complexity index is 846. The number of hydrogen-bond acceptors (Lipinski definition) is 2. The lowest BCUT2D eigenvalue weighted by atomic mass is 9.98. The highest BCUT2D eigenvalue weighted by molar-refractivity contribution is 9.10. The molecule has 132 valence electrons. The maximum Gasteiger partial charge on any atom is 0.225 e. The Kier molecular flexibility index (Phi) is 6.08. The molecule has 3 nitrogen and oxygen atoms in total. The van der Waals surface area contributed by atoms with E-state index in [1.54, 1.807) is 7.11 Å². The van der Waals surface area contributed by atoms with Gasteiger partial charge in [0.1, 0.15) is 5.75 Å². The summed E-state index contributed by atoms with van der Waals surface area (Å²) in [5, 5.41) is 3.16. The molecule has 0 saturated heterocycles. The van der Waals surface area contributed by atoms with Gasteiger partial charge in [0.2, 0.25) is 5.91 Å². The van der Waals surface area contributed by atoms with Crippen LogP contribution in [-0.4, -0.2) is 13.0 Å². The maximum atomic E-state index is 12.6. The Morgan fingerprint density at radius 1 is 0.923 bits per heavy atom. The van der Waals surface area contributed by atoms with Crippen LogP contribution < -0.4 is 10.1 Å². The molecule has 3 aromatic rings. The van der Waals surface area contributed by atoms with Gasteiger partial charge in [-0.25, -0.2) is 0 Å². The summed E-state index contributed by atoms with van der Waals surface area (Å²) >= 11 is 3.46. The lowest BCUT2D eigenvalue weighted by Crippen LogP contribution is -2.30. The van der Waals surface area contributed by atoms with Crippen molar-refractivity contribution in [3.8, 4) is 5.75 Å². The molecule has 0 aliphatic heterocycles. The number of carbonyl (C=O) groups excluding carboxylic acids is 1. The van der Waals surface area contributed by atoms with Crippen molar-refractivity contribution in [1.82, 2.24) is 5.32 Å². The van der Waals surface area contributed by atoms with Gasteiger partial charge in [-0.3, -0.25) is 4.79 Å². The third kappa shape index (κ3) is 4.73. The van der Waals surface area contributed by atoms with E-state index in [0.29, 0.717) is 6.42 Å². The first-order valence-electron chi connectivity index (χ1n) is 8.38. The van der Waals surface area contributed by atoms with Crippen molar-refractivity contribution in [2.24, 2.45) is 0 Å². The fraction of sp³-hybridized carbons (Fsp3) is 0.136. The molecular weight excluding hydrogens is 390 g/mol. The Labute approximate surface area is 162 Å². The number of ether oxygens (including phenoxy) is 1. The second-order valence-corrected chi connectivity index (χ2v) is 6.90. The summed E-state index contributed by atoms with van der Waals surface area (Å²) in [7, 11) is 1.63. The molecule has 1 N–H and O–H groups in total. The largest absolute Gasteiger partial charge is 0.497 e. The molecule has 0 aromatic heterocycles. The van der Waals surface area contributed by atoms with E-state index >= 15 is 0 Å². The summed E-state index contributed by atoms with van der Waals surface area (Å²) in [5.41, 5.74) is 3.05. The molecule has 0 fully saturated rings. The minimum Gasteiger partial charge on any atom is -0.497 e. The molecule has 26 heavy (non-hydrogen) atoms. The van der Waals surface area contributed by atoms with Crippen LogP contribution in [0.3, 0.4) is 0 Å². The normalized spacial score (nSPS) is 11.6. The summed E-state index contributed by atoms with van der Waals surface area (Å²) < 4.78 is 6.17. The Balaban J connectivity index is 1.78. The molecule has 0 unspecified atom stereocenters. The van der Waals surface area contributed by atoms with Crippen LogP contribution in [0, 0.1) is 0 Å². The molecule has 3 rings (SSSR count). The summed E-state index contributed by atoms with van der Waals surface area (Å²) in [6, 6.07) is 25.4. The van der Waals surface area contributed by atoms with Crippen LogP contribution in [0.4, 0.5) is 0 Å². The molecule has 4 heteroatoms. The fourth-order valence-corrected chi connectivity index (χ4v) is 3.06. The fourth-order valence-electron chi connectivity index (χ4n) is 2.80. The predicted octanol–water partition coefficient (Wildman–Crippen LogP) is 4.91. The minimum absolute atomic E-state index is 0.0214. The lowest BCUT2D eigenvalue weighted by Gasteiger charge is -2.20. The third-order valence-corrected chi connectivity index (χ3v) is 4.69. The van der Waals surface area contributed by atoms with Gasteiger partial charge in [0, 0.05) is 4.47 Å². The van der Waals surface area contributed by atoms with E-state index in [1.807, 2.05) is 78.9 Å². The highest BCUT2D eigenvalue weighted by atomic mass is 79.9. The molecule has 0 spiro atoms. The van der Waals surface area contributed by atoms with Crippen LogP contribution in [0.25, 0.3) is 0 Å². The van der Waals surface area contributed by atoms with Crippen molar-refractivity contribution in [2.45, 2.75) is 12.5 Å². The van der Waals surface area contributed by atoms with Crippen molar-refractivity contribution < 1.29 is 9.53 Å². The first-order valence-corrected chi connectivity index (χ1v) is 9.18. The third-order valence-electron chi connectivity index (χ3n) is 4.17. The van der Waals surface area contributed by atoms with Crippen LogP contribution >= 0.6 is 15.9 Å². The van der Waals surface area contributed by atoms with Gasteiger partial charge in [-0.15, -0.1) is 0 Å². The summed E-state index contributed by atoms with van der Waals surface area (Å²) in [6.45, 7) is 0. The number of methoxy groups -OCH3 is 1. The van der Waals surface area contributed by atoms with Crippen LogP contribution in [0.2, 0.25) is 0 Å². The van der Waals surface area contributed by atoms with Crippen LogP contribution in [-0.2, 0) is 11.2 Å². The van der Waals surface area contributed by atoms with Gasteiger partial charge in [-0.05, 0) is 41.0 Å². The van der Waals surface area contributed by atoms with Crippen molar-refractivity contribution in [3.05, 3.63) is 100 Å². The van der Waals surface area contributed by atoms with Crippen molar-refractivity contribution in [2.75, 3.05) is 7.11 Å². The van der Waals surface area contributed by atoms with Gasteiger partial charge in [0.25, 0.3) is 0 Å². The standard InChI is InChI=1S/C22H20BrNO2/c1-26-20-13-7-16(8-14-20)15-21(25)24-22(17-5-3-2-4-6-17)18-9-11-19(23)12-10-18/h2-14,22H,15H2,1H3,(H,24,25)/t22-/m1/s1. The smallest absolute Gasteiger partial charge is 0.225 e. The van der Waals surface area contributed by atoms with Gasteiger partial charge in [0.05, 0.1) is 19.6 Å². The quantitative estimate of drug-likeness (QED) is 0.628. The highest BCUT2D eigenvalue weighted by Gasteiger charge is 2.17. The van der Waals surface area contributed by atoms with E-state index in [1.165, 1.54) is 0 Å². The van der Waals surface area contributed by atoms with Gasteiger partial charge in [-0.2, -0.15) is 0 Å². The number of nitrogens with one attached hydrogen (secondary N) is 1. The van der Waals surface area contributed by atoms with E-state index < -0.39 is 0 Å². The first kappa shape index (κ1) is 18.2. The van der Waals surface area contributed by atoms with Gasteiger partial charge < -0.3 is 10.1 Å². The van der Waals surface area contributed by atoms with E-state index in [2.05, 4.69) is 21.2 Å². The molecular formula is C22H20BrNO2. The van der Waals surface area contributed by atoms with Gasteiger partial charge >= 0.3 is 0 Å². The predicted molar refractivity (Wildman–Crippen MR) is 107 cm³/mol. The minimum atomic E-state index is -0.185. The van der Waals surface area contributed by atoms with E-state index in [4.69, 9.17) is 4.74 Å². The monoisotopic (exact) mass is 409 g/mol. The Morgan fingerprint density at radius 3 is 2.15 bits per heavy atom. The van der Waals surface area contributed by atoms with Crippen LogP contribution in [0.1, 0.15) is 22.7 Å². The van der Waals surface area contributed by atoms with Gasteiger partial charge in [-0.1, -0.05) is 70.5 Å². The molecule has 3 aromatic carbocycles. The number of hydrogen-bond donors (Lipinski definition) is 1. The first-order chi connectivity index (χ1) is 12.7. The van der Waals surface area contributed by atoms with Crippen LogP contribution in [0.15, 0.2) is 83.3 Å². The summed E-state index contributed by atoms with van der Waals surface area (Å²) in [5.74, 6) is 0.762. The molecule has 0 heterocycles. The molecule has 1 atom stereocenters. The number of halogens is 1. The summed E-state index contributed by atoms with van der Waals surface area (Å²) in [4.78, 5) is 12.6. The molecule has 0 bridgehead atoms. The molecule has 0 aliphatic carbocycles. The summed E-state index contributed by atoms with van der Waals surface area (Å²) in [6.07, 6.45) is 0.323. The lowest BCUT2D eigenvalue weighted by molar-refractivity contribution is -0.120. The van der Waals surface area contributed by atoms with E-state index in [0.717, 1.165) is 26.9 Å². The van der Waals surface area contributed by atoms with Crippen molar-refractivity contribution in [3.63, 3.8) is 0 Å². The van der Waals surface area contributed by atoms with Gasteiger partial charge in [0.15, 0.2) is 0 Å². The number of amides is 1. The molecule has 0 aliphatic rings. The zero-order valence-electron chi connectivity index (χ0n) is 14.5. The van der Waals surface area contributed by atoms with E-state index in [9.17, 15) is 4.79 Å². The average molecular weight is 410 g/mol. The highest BCUT2D eigenvalue weighted by Crippen LogP contribution is 2.24. The second-order valence-electron chi connectivity index (χ2n) is 5.99.